The number of aromatic hydroxyl groups is 1. The van der Waals surface area contributed by atoms with Crippen LogP contribution in [0.4, 0.5) is 15.8 Å². The van der Waals surface area contributed by atoms with Crippen molar-refractivity contribution in [3.05, 3.63) is 113 Å². The molecular formula is C51H62FN5O6. The maximum Gasteiger partial charge on any atom is 0.255 e. The van der Waals surface area contributed by atoms with Gasteiger partial charge in [0.05, 0.1) is 31.1 Å². The molecule has 1 spiro atoms. The number of aryl methyl sites for hydroxylation is 2. The van der Waals surface area contributed by atoms with Gasteiger partial charge in [-0.15, -0.1) is 0 Å². The van der Waals surface area contributed by atoms with Gasteiger partial charge in [-0.3, -0.25) is 24.6 Å². The van der Waals surface area contributed by atoms with Gasteiger partial charge in [-0.25, -0.2) is 4.39 Å². The fourth-order valence-corrected chi connectivity index (χ4v) is 10.6. The van der Waals surface area contributed by atoms with Gasteiger partial charge in [0, 0.05) is 61.9 Å². The van der Waals surface area contributed by atoms with Crippen molar-refractivity contribution >= 4 is 29.6 Å². The van der Waals surface area contributed by atoms with Crippen LogP contribution >= 0.6 is 0 Å². The average molecular weight is 860 g/mol. The van der Waals surface area contributed by atoms with E-state index in [0.717, 1.165) is 62.7 Å². The van der Waals surface area contributed by atoms with Crippen molar-refractivity contribution in [2.75, 3.05) is 62.8 Å². The summed E-state index contributed by atoms with van der Waals surface area (Å²) < 4.78 is 26.2. The molecule has 11 nitrogen and oxygen atoms in total. The van der Waals surface area contributed by atoms with Crippen LogP contribution in [-0.2, 0) is 29.0 Å². The van der Waals surface area contributed by atoms with E-state index in [2.05, 4.69) is 20.0 Å². The van der Waals surface area contributed by atoms with Crippen LogP contribution in [0.3, 0.4) is 0 Å². The molecule has 4 aromatic rings. The molecule has 12 heteroatoms. The lowest BCUT2D eigenvalue weighted by atomic mass is 9.65. The number of anilines is 2. The Bertz CT molecular complexity index is 2200. The first-order valence-corrected chi connectivity index (χ1v) is 22.9. The molecule has 2 atom stereocenters. The first kappa shape index (κ1) is 44.0. The molecule has 3 fully saturated rings. The number of imide groups is 1. The normalized spacial score (nSPS) is 20.2. The van der Waals surface area contributed by atoms with Gasteiger partial charge in [0.1, 0.15) is 35.7 Å². The number of phenols is 1. The summed E-state index contributed by atoms with van der Waals surface area (Å²) in [4.78, 5) is 45.7. The number of carbonyl (C=O) groups excluding carboxylic acids is 3. The van der Waals surface area contributed by atoms with Gasteiger partial charge in [-0.05, 0) is 111 Å². The van der Waals surface area contributed by atoms with Crippen molar-refractivity contribution in [2.45, 2.75) is 89.8 Å². The molecule has 0 bridgehead atoms. The molecule has 2 N–H and O–H groups in total. The quantitative estimate of drug-likeness (QED) is 0.163. The van der Waals surface area contributed by atoms with E-state index in [0.29, 0.717) is 66.5 Å². The number of rotatable bonds is 9. The number of benzene rings is 4. The van der Waals surface area contributed by atoms with E-state index in [1.807, 2.05) is 73.7 Å². The Labute approximate surface area is 371 Å². The number of piperazine rings is 1. The molecule has 4 heterocycles. The molecular weight excluding hydrogens is 798 g/mol. The van der Waals surface area contributed by atoms with E-state index in [9.17, 15) is 23.9 Å². The number of carbonyl (C=O) groups is 3. The Morgan fingerprint density at radius 1 is 0.968 bits per heavy atom. The summed E-state index contributed by atoms with van der Waals surface area (Å²) in [6.45, 7) is 8.56. The zero-order chi connectivity index (χ0) is 43.9. The van der Waals surface area contributed by atoms with Crippen LogP contribution in [0.5, 0.6) is 17.2 Å². The highest BCUT2D eigenvalue weighted by Gasteiger charge is 2.47. The van der Waals surface area contributed by atoms with Crippen LogP contribution in [0.15, 0.2) is 84.9 Å². The number of ether oxygens (including phenoxy) is 2. The highest BCUT2D eigenvalue weighted by molar-refractivity contribution is 6.03. The number of fused-ring (bicyclic) bond motifs is 6. The smallest absolute Gasteiger partial charge is 0.255 e. The first-order chi connectivity index (χ1) is 30.7. The lowest BCUT2D eigenvalue weighted by Crippen LogP contribution is -2.59. The maximum atomic E-state index is 14.5. The molecule has 2 aliphatic carbocycles. The van der Waals surface area contributed by atoms with E-state index in [-0.39, 0.29) is 17.8 Å². The van der Waals surface area contributed by atoms with Crippen LogP contribution in [0.1, 0.15) is 85.3 Å². The number of methoxy groups -OCH3 is 1. The fraction of sp³-hybridized carbons (Fsp3) is 0.471. The van der Waals surface area contributed by atoms with Gasteiger partial charge in [-0.2, -0.15) is 0 Å². The molecule has 4 aromatic carbocycles. The molecule has 4 aliphatic heterocycles. The molecule has 2 unspecified atom stereocenters. The standard InChI is InChI=1S/C35H44FN5O5.C10H12O.C6H6/c1-3-4-30(33(43)37-22-42)41-18-27-26(34(41)44)6-8-29-32(27)46-19-24-17-38(13-14-40(24)29)16-23-9-11-35(12-10-23)20-39(21-35)31-15-25(45-2)5-7-28(31)36;11-10-6-5-8-3-1-2-4-9(8)7-10;1-2-4-6-5-3-1/h5-8,15,22-24,30H,3-4,9-14,16-21H2,1-2H3,(H,37,42,43);5-7,11H,1-4H2;1-6H. The predicted molar refractivity (Wildman–Crippen MR) is 243 cm³/mol. The minimum absolute atomic E-state index is 0.182. The minimum atomic E-state index is -0.695. The lowest BCUT2D eigenvalue weighted by Gasteiger charge is -2.55. The van der Waals surface area contributed by atoms with E-state index >= 15 is 0 Å². The van der Waals surface area contributed by atoms with Gasteiger partial charge in [0.25, 0.3) is 5.91 Å². The highest BCUT2D eigenvalue weighted by Crippen LogP contribution is 2.48. The summed E-state index contributed by atoms with van der Waals surface area (Å²) in [6.07, 6.45) is 11.3. The molecule has 10 rings (SSSR count). The van der Waals surface area contributed by atoms with Crippen LogP contribution < -0.4 is 24.6 Å². The third-order valence-electron chi connectivity index (χ3n) is 14.0. The molecule has 63 heavy (non-hydrogen) atoms. The second-order valence-corrected chi connectivity index (χ2v) is 18.2. The summed E-state index contributed by atoms with van der Waals surface area (Å²) >= 11 is 0. The second kappa shape index (κ2) is 19.8. The Morgan fingerprint density at radius 2 is 1.70 bits per heavy atom. The summed E-state index contributed by atoms with van der Waals surface area (Å²) in [7, 11) is 1.62. The Morgan fingerprint density at radius 3 is 2.40 bits per heavy atom. The average Bonchev–Trinajstić information content (AvgIpc) is 3.64. The van der Waals surface area contributed by atoms with Crippen molar-refractivity contribution in [1.29, 1.82) is 0 Å². The zero-order valence-electron chi connectivity index (χ0n) is 36.8. The first-order valence-electron chi connectivity index (χ1n) is 22.9. The van der Waals surface area contributed by atoms with Gasteiger partial charge in [0.2, 0.25) is 12.3 Å². The lowest BCUT2D eigenvalue weighted by molar-refractivity contribution is -0.129. The summed E-state index contributed by atoms with van der Waals surface area (Å²) in [5.41, 5.74) is 6.16. The molecule has 334 valence electrons. The van der Waals surface area contributed by atoms with Crippen LogP contribution in [0.2, 0.25) is 0 Å². The number of halogens is 1. The molecule has 0 aromatic heterocycles. The second-order valence-electron chi connectivity index (χ2n) is 18.2. The predicted octanol–water partition coefficient (Wildman–Crippen LogP) is 7.77. The third-order valence-corrected chi connectivity index (χ3v) is 14.0. The van der Waals surface area contributed by atoms with E-state index < -0.39 is 11.9 Å². The van der Waals surface area contributed by atoms with Crippen LogP contribution in [-0.4, -0.2) is 98.2 Å². The molecule has 6 aliphatic rings. The van der Waals surface area contributed by atoms with Gasteiger partial charge in [-0.1, -0.05) is 55.8 Å². The molecule has 3 amide bonds. The van der Waals surface area contributed by atoms with Crippen molar-refractivity contribution in [1.82, 2.24) is 15.1 Å². The van der Waals surface area contributed by atoms with Gasteiger partial charge >= 0.3 is 0 Å². The van der Waals surface area contributed by atoms with E-state index in [4.69, 9.17) is 9.47 Å². The Kier molecular flexibility index (Phi) is 13.9. The highest BCUT2D eigenvalue weighted by atomic mass is 19.1. The number of nitrogens with one attached hydrogen (secondary N) is 1. The Hall–Kier alpha value is -5.62. The summed E-state index contributed by atoms with van der Waals surface area (Å²) in [5.74, 6) is 1.70. The van der Waals surface area contributed by atoms with Crippen LogP contribution in [0.25, 0.3) is 0 Å². The van der Waals surface area contributed by atoms with Gasteiger partial charge < -0.3 is 29.3 Å². The minimum Gasteiger partial charge on any atom is -0.508 e. The number of phenolic OH excluding ortho intramolecular Hbond substituents is 1. The number of hydrogen-bond donors (Lipinski definition) is 2. The van der Waals surface area contributed by atoms with Crippen molar-refractivity contribution in [3.63, 3.8) is 0 Å². The number of amides is 3. The number of nitrogens with zero attached hydrogens (tertiary/aromatic N) is 4. The molecule has 2 saturated heterocycles. The molecule has 0 radical (unpaired) electrons. The SMILES string of the molecule is CCCC(C(=O)NC=O)N1Cc2c(ccc3c2OCC2CN(CC4CCC5(CC4)CN(c4cc(OC)ccc4F)C5)CCN32)C1=O.Oc1ccc2c(c1)CCCC2.c1ccccc1. The van der Waals surface area contributed by atoms with Crippen molar-refractivity contribution in [2.24, 2.45) is 11.3 Å². The molecule has 1 saturated carbocycles. The van der Waals surface area contributed by atoms with E-state index in [1.54, 1.807) is 24.1 Å². The fourth-order valence-electron chi connectivity index (χ4n) is 10.6. The van der Waals surface area contributed by atoms with Crippen LogP contribution in [0, 0.1) is 17.2 Å². The van der Waals surface area contributed by atoms with E-state index in [1.165, 1.54) is 62.1 Å². The largest absolute Gasteiger partial charge is 0.508 e. The maximum absolute atomic E-state index is 14.5. The summed E-state index contributed by atoms with van der Waals surface area (Å²) in [6, 6.07) is 26.1. The third kappa shape index (κ3) is 9.81. The zero-order valence-corrected chi connectivity index (χ0v) is 36.8. The van der Waals surface area contributed by atoms with Gasteiger partial charge in [0.15, 0.2) is 0 Å². The summed E-state index contributed by atoms with van der Waals surface area (Å²) in [5, 5.41) is 11.4. The topological polar surface area (TPSA) is 115 Å². The van der Waals surface area contributed by atoms with Crippen molar-refractivity contribution < 1.29 is 33.4 Å². The van der Waals surface area contributed by atoms with Crippen molar-refractivity contribution in [3.8, 4) is 17.2 Å². The Balaban J connectivity index is 0.000000264. The monoisotopic (exact) mass is 859 g/mol. The number of hydrogen-bond acceptors (Lipinski definition) is 9.